The smallest absolute Gasteiger partial charge is 0.243 e. The van der Waals surface area contributed by atoms with Crippen LogP contribution in [0, 0.1) is 17.2 Å². The summed E-state index contributed by atoms with van der Waals surface area (Å²) in [4.78, 5) is 2.31. The molecule has 0 spiro atoms. The minimum Gasteiger partial charge on any atom is -0.493 e. The fraction of sp³-hybridized carbons (Fsp3) is 0.562. The molecule has 24 heavy (non-hydrogen) atoms. The van der Waals surface area contributed by atoms with E-state index in [-0.39, 0.29) is 10.8 Å². The standard InChI is InChI=1S/C16H23N3O4S/c1-13(11-17)12-18-6-8-19(9-7-18)24(20,21)14-4-5-15(22-2)16(10-14)23-3/h4-5,10,13H,6-9,12H2,1-3H3/t13-/m0/s1. The molecule has 0 bridgehead atoms. The molecule has 0 N–H and O–H groups in total. The molecular formula is C16H23N3O4S. The highest BCUT2D eigenvalue weighted by molar-refractivity contribution is 7.89. The summed E-state index contributed by atoms with van der Waals surface area (Å²) >= 11 is 0. The number of hydrogen-bond donors (Lipinski definition) is 0. The number of ether oxygens (including phenoxy) is 2. The van der Waals surface area contributed by atoms with Crippen molar-refractivity contribution in [3.8, 4) is 17.6 Å². The topological polar surface area (TPSA) is 82.9 Å². The molecule has 0 aliphatic carbocycles. The molecule has 1 aliphatic rings. The second-order valence-corrected chi connectivity index (χ2v) is 7.69. The molecule has 1 atom stereocenters. The Bertz CT molecular complexity index is 707. The molecule has 1 aromatic carbocycles. The number of nitriles is 1. The van der Waals surface area contributed by atoms with Crippen molar-refractivity contribution in [2.45, 2.75) is 11.8 Å². The van der Waals surface area contributed by atoms with Gasteiger partial charge in [-0.15, -0.1) is 0 Å². The first-order valence-corrected chi connectivity index (χ1v) is 9.20. The first-order chi connectivity index (χ1) is 11.4. The summed E-state index contributed by atoms with van der Waals surface area (Å²) in [6, 6.07) is 6.81. The van der Waals surface area contributed by atoms with Gasteiger partial charge in [-0.05, 0) is 19.1 Å². The molecule has 0 amide bonds. The zero-order chi connectivity index (χ0) is 17.7. The second-order valence-electron chi connectivity index (χ2n) is 5.75. The van der Waals surface area contributed by atoms with Crippen LogP contribution in [0.25, 0.3) is 0 Å². The Labute approximate surface area is 143 Å². The molecule has 0 unspecified atom stereocenters. The molecule has 1 heterocycles. The van der Waals surface area contributed by atoms with E-state index in [2.05, 4.69) is 11.0 Å². The summed E-state index contributed by atoms with van der Waals surface area (Å²) in [5.41, 5.74) is 0. The number of nitrogens with zero attached hydrogens (tertiary/aromatic N) is 3. The number of hydrogen-bond acceptors (Lipinski definition) is 6. The van der Waals surface area contributed by atoms with Crippen molar-refractivity contribution in [2.75, 3.05) is 46.9 Å². The van der Waals surface area contributed by atoms with Gasteiger partial charge in [-0.3, -0.25) is 4.90 Å². The molecule has 1 fully saturated rings. The van der Waals surface area contributed by atoms with Crippen molar-refractivity contribution >= 4 is 10.0 Å². The van der Waals surface area contributed by atoms with Crippen molar-refractivity contribution in [1.82, 2.24) is 9.21 Å². The van der Waals surface area contributed by atoms with Crippen LogP contribution in [0.3, 0.4) is 0 Å². The normalized spacial score (nSPS) is 17.9. The third-order valence-corrected chi connectivity index (χ3v) is 5.97. The van der Waals surface area contributed by atoms with Crippen molar-refractivity contribution in [3.63, 3.8) is 0 Å². The Morgan fingerprint density at radius 2 is 1.79 bits per heavy atom. The van der Waals surface area contributed by atoms with Crippen LogP contribution in [0.15, 0.2) is 23.1 Å². The average molecular weight is 353 g/mol. The van der Waals surface area contributed by atoms with Crippen LogP contribution in [-0.4, -0.2) is 64.6 Å². The zero-order valence-corrected chi connectivity index (χ0v) is 15.0. The third kappa shape index (κ3) is 3.98. The summed E-state index contributed by atoms with van der Waals surface area (Å²) in [5.74, 6) is 0.825. The molecule has 1 aliphatic heterocycles. The zero-order valence-electron chi connectivity index (χ0n) is 14.2. The lowest BCUT2D eigenvalue weighted by Crippen LogP contribution is -2.49. The van der Waals surface area contributed by atoms with Crippen molar-refractivity contribution < 1.29 is 17.9 Å². The molecule has 8 heteroatoms. The van der Waals surface area contributed by atoms with Gasteiger partial charge in [-0.2, -0.15) is 9.57 Å². The van der Waals surface area contributed by atoms with E-state index in [4.69, 9.17) is 14.7 Å². The van der Waals surface area contributed by atoms with Gasteiger partial charge in [0, 0.05) is 38.8 Å². The first kappa shape index (κ1) is 18.5. The summed E-state index contributed by atoms with van der Waals surface area (Å²) in [6.45, 7) is 4.61. The summed E-state index contributed by atoms with van der Waals surface area (Å²) in [7, 11) is -0.588. The van der Waals surface area contributed by atoms with E-state index in [9.17, 15) is 8.42 Å². The Morgan fingerprint density at radius 1 is 1.17 bits per heavy atom. The molecule has 0 saturated carbocycles. The van der Waals surface area contributed by atoms with Crippen LogP contribution in [-0.2, 0) is 10.0 Å². The van der Waals surface area contributed by atoms with E-state index >= 15 is 0 Å². The largest absolute Gasteiger partial charge is 0.493 e. The van der Waals surface area contributed by atoms with Crippen LogP contribution in [0.5, 0.6) is 11.5 Å². The van der Waals surface area contributed by atoms with Crippen LogP contribution < -0.4 is 9.47 Å². The number of sulfonamides is 1. The van der Waals surface area contributed by atoms with Crippen molar-refractivity contribution in [3.05, 3.63) is 18.2 Å². The Kier molecular flexibility index (Phi) is 6.04. The van der Waals surface area contributed by atoms with Crippen LogP contribution in [0.4, 0.5) is 0 Å². The lowest BCUT2D eigenvalue weighted by molar-refractivity contribution is 0.178. The average Bonchev–Trinajstić information content (AvgIpc) is 2.61. The fourth-order valence-electron chi connectivity index (χ4n) is 2.71. The molecular weight excluding hydrogens is 330 g/mol. The number of benzene rings is 1. The van der Waals surface area contributed by atoms with Crippen molar-refractivity contribution in [1.29, 1.82) is 5.26 Å². The summed E-state index contributed by atoms with van der Waals surface area (Å²) < 4.78 is 37.4. The second kappa shape index (κ2) is 7.83. The summed E-state index contributed by atoms with van der Waals surface area (Å²) in [5, 5.41) is 8.88. The van der Waals surface area contributed by atoms with Crippen LogP contribution in [0.1, 0.15) is 6.92 Å². The van der Waals surface area contributed by atoms with E-state index in [1.54, 1.807) is 6.07 Å². The van der Waals surface area contributed by atoms with E-state index < -0.39 is 10.0 Å². The Hall–Kier alpha value is -1.82. The minimum atomic E-state index is -3.57. The highest BCUT2D eigenvalue weighted by atomic mass is 32.2. The third-order valence-electron chi connectivity index (χ3n) is 4.08. The number of rotatable bonds is 6. The van der Waals surface area contributed by atoms with Gasteiger partial charge in [0.25, 0.3) is 0 Å². The lowest BCUT2D eigenvalue weighted by atomic mass is 10.2. The quantitative estimate of drug-likeness (QED) is 0.763. The van der Waals surface area contributed by atoms with Gasteiger partial charge in [0.2, 0.25) is 10.0 Å². The molecule has 1 aromatic rings. The van der Waals surface area contributed by atoms with Gasteiger partial charge < -0.3 is 9.47 Å². The molecule has 0 radical (unpaired) electrons. The van der Waals surface area contributed by atoms with Gasteiger partial charge in [-0.1, -0.05) is 0 Å². The van der Waals surface area contributed by atoms with E-state index in [0.29, 0.717) is 44.2 Å². The van der Waals surface area contributed by atoms with Gasteiger partial charge in [-0.25, -0.2) is 8.42 Å². The predicted octanol–water partition coefficient (Wildman–Crippen LogP) is 1.17. The van der Waals surface area contributed by atoms with Gasteiger partial charge in [0.1, 0.15) is 0 Å². The lowest BCUT2D eigenvalue weighted by Gasteiger charge is -2.34. The van der Waals surface area contributed by atoms with E-state index in [1.807, 2.05) is 6.92 Å². The maximum atomic E-state index is 12.8. The molecule has 1 saturated heterocycles. The molecule has 7 nitrogen and oxygen atoms in total. The molecule has 0 aromatic heterocycles. The van der Waals surface area contributed by atoms with E-state index in [0.717, 1.165) is 0 Å². The summed E-state index contributed by atoms with van der Waals surface area (Å²) in [6.07, 6.45) is 0. The Balaban J connectivity index is 2.11. The molecule has 132 valence electrons. The monoisotopic (exact) mass is 353 g/mol. The van der Waals surface area contributed by atoms with Crippen molar-refractivity contribution in [2.24, 2.45) is 5.92 Å². The highest BCUT2D eigenvalue weighted by Crippen LogP contribution is 2.30. The van der Waals surface area contributed by atoms with E-state index in [1.165, 1.54) is 30.7 Å². The van der Waals surface area contributed by atoms with Crippen LogP contribution in [0.2, 0.25) is 0 Å². The maximum absolute atomic E-state index is 12.8. The van der Waals surface area contributed by atoms with Gasteiger partial charge >= 0.3 is 0 Å². The van der Waals surface area contributed by atoms with Gasteiger partial charge in [0.15, 0.2) is 11.5 Å². The number of methoxy groups -OCH3 is 2. The Morgan fingerprint density at radius 3 is 2.33 bits per heavy atom. The number of piperazine rings is 1. The maximum Gasteiger partial charge on any atom is 0.243 e. The first-order valence-electron chi connectivity index (χ1n) is 7.76. The van der Waals surface area contributed by atoms with Crippen LogP contribution >= 0.6 is 0 Å². The fourth-order valence-corrected chi connectivity index (χ4v) is 4.14. The van der Waals surface area contributed by atoms with Gasteiger partial charge in [0.05, 0.1) is 31.1 Å². The highest BCUT2D eigenvalue weighted by Gasteiger charge is 2.29. The predicted molar refractivity (Wildman–Crippen MR) is 89.5 cm³/mol. The minimum absolute atomic E-state index is 0.0565. The molecule has 2 rings (SSSR count). The SMILES string of the molecule is COc1ccc(S(=O)(=O)N2CCN(C[C@@H](C)C#N)CC2)cc1OC.